The van der Waals surface area contributed by atoms with Crippen LogP contribution in [0.25, 0.3) is 0 Å². The van der Waals surface area contributed by atoms with Crippen molar-refractivity contribution in [1.29, 1.82) is 0 Å². The van der Waals surface area contributed by atoms with Crippen LogP contribution in [0.3, 0.4) is 0 Å². The fourth-order valence-corrected chi connectivity index (χ4v) is 0.778. The molecular formula is C11H15F. The first-order chi connectivity index (χ1) is 5.52. The molecular weight excluding hydrogens is 151 g/mol. The highest BCUT2D eigenvalue weighted by atomic mass is 19.1. The van der Waals surface area contributed by atoms with Gasteiger partial charge in [-0.25, -0.2) is 4.39 Å². The van der Waals surface area contributed by atoms with Gasteiger partial charge in [0, 0.05) is 5.41 Å². The summed E-state index contributed by atoms with van der Waals surface area (Å²) in [6.45, 7) is 10.7. The van der Waals surface area contributed by atoms with Crippen molar-refractivity contribution < 1.29 is 4.39 Å². The van der Waals surface area contributed by atoms with Crippen LogP contribution in [0.15, 0.2) is 49.4 Å². The molecule has 12 heavy (non-hydrogen) atoms. The first-order valence-corrected chi connectivity index (χ1v) is 3.83. The summed E-state index contributed by atoms with van der Waals surface area (Å²) < 4.78 is 12.7. The van der Waals surface area contributed by atoms with Crippen molar-refractivity contribution >= 4 is 0 Å². The summed E-state index contributed by atoms with van der Waals surface area (Å²) in [7, 11) is 0. The van der Waals surface area contributed by atoms with Crippen LogP contribution < -0.4 is 0 Å². The fourth-order valence-electron chi connectivity index (χ4n) is 0.778. The van der Waals surface area contributed by atoms with Crippen molar-refractivity contribution in [2.45, 2.75) is 13.8 Å². The minimum Gasteiger partial charge on any atom is -0.207 e. The SMILES string of the molecule is C=C/C=C\C(C)(C)/C=C(/F)C=C. The van der Waals surface area contributed by atoms with Crippen LogP contribution in [0.1, 0.15) is 13.8 Å². The van der Waals surface area contributed by atoms with E-state index < -0.39 is 0 Å². The lowest BCUT2D eigenvalue weighted by Gasteiger charge is -2.13. The Kier molecular flexibility index (Phi) is 4.27. The van der Waals surface area contributed by atoms with Crippen molar-refractivity contribution in [3.8, 4) is 0 Å². The van der Waals surface area contributed by atoms with E-state index in [1.165, 1.54) is 12.2 Å². The summed E-state index contributed by atoms with van der Waals surface area (Å²) in [4.78, 5) is 0. The molecule has 0 unspecified atom stereocenters. The average molecular weight is 166 g/mol. The molecule has 0 aliphatic rings. The topological polar surface area (TPSA) is 0 Å². The summed E-state index contributed by atoms with van der Waals surface area (Å²) in [5.74, 6) is -0.297. The third kappa shape index (κ3) is 4.67. The van der Waals surface area contributed by atoms with Gasteiger partial charge in [0.1, 0.15) is 5.83 Å². The second kappa shape index (κ2) is 4.70. The summed E-state index contributed by atoms with van der Waals surface area (Å²) in [6, 6.07) is 0. The first kappa shape index (κ1) is 10.9. The normalized spacial score (nSPS) is 13.4. The highest BCUT2D eigenvalue weighted by Crippen LogP contribution is 2.21. The Balaban J connectivity index is 4.50. The molecule has 0 rings (SSSR count). The zero-order valence-corrected chi connectivity index (χ0v) is 7.68. The highest BCUT2D eigenvalue weighted by molar-refractivity contribution is 5.18. The fraction of sp³-hybridized carbons (Fsp3) is 0.273. The second-order valence-corrected chi connectivity index (χ2v) is 3.15. The molecule has 0 aromatic heterocycles. The quantitative estimate of drug-likeness (QED) is 0.557. The van der Waals surface area contributed by atoms with Crippen LogP contribution in [0.4, 0.5) is 4.39 Å². The van der Waals surface area contributed by atoms with Crippen molar-refractivity contribution in [3.63, 3.8) is 0 Å². The van der Waals surface area contributed by atoms with Crippen molar-refractivity contribution in [2.24, 2.45) is 5.41 Å². The monoisotopic (exact) mass is 166 g/mol. The van der Waals surface area contributed by atoms with Crippen LogP contribution in [0, 0.1) is 5.41 Å². The number of allylic oxidation sites excluding steroid dienone is 6. The molecule has 66 valence electrons. The largest absolute Gasteiger partial charge is 0.207 e. The molecule has 0 aromatic carbocycles. The second-order valence-electron chi connectivity index (χ2n) is 3.15. The maximum absolute atomic E-state index is 12.7. The van der Waals surface area contributed by atoms with E-state index in [0.717, 1.165) is 0 Å². The summed E-state index contributed by atoms with van der Waals surface area (Å²) in [6.07, 6.45) is 8.06. The predicted octanol–water partition coefficient (Wildman–Crippen LogP) is 3.79. The lowest BCUT2D eigenvalue weighted by molar-refractivity contribution is 0.579. The molecule has 0 heterocycles. The predicted molar refractivity (Wildman–Crippen MR) is 52.5 cm³/mol. The van der Waals surface area contributed by atoms with Crippen molar-refractivity contribution in [2.75, 3.05) is 0 Å². The Labute approximate surface area is 73.8 Å². The minimum atomic E-state index is -0.297. The van der Waals surface area contributed by atoms with Gasteiger partial charge in [-0.1, -0.05) is 45.2 Å². The summed E-state index contributed by atoms with van der Waals surface area (Å²) in [5.41, 5.74) is -0.285. The van der Waals surface area contributed by atoms with Crippen LogP contribution >= 0.6 is 0 Å². The molecule has 0 spiro atoms. The zero-order valence-electron chi connectivity index (χ0n) is 7.68. The first-order valence-electron chi connectivity index (χ1n) is 3.83. The molecule has 0 aliphatic carbocycles. The van der Waals surface area contributed by atoms with Gasteiger partial charge in [-0.05, 0) is 12.2 Å². The van der Waals surface area contributed by atoms with Gasteiger partial charge in [-0.2, -0.15) is 0 Å². The van der Waals surface area contributed by atoms with Crippen LogP contribution in [-0.4, -0.2) is 0 Å². The maximum Gasteiger partial charge on any atom is 0.119 e. The lowest BCUT2D eigenvalue weighted by Crippen LogP contribution is -2.02. The number of hydrogen-bond donors (Lipinski definition) is 0. The van der Waals surface area contributed by atoms with Crippen molar-refractivity contribution in [3.05, 3.63) is 49.4 Å². The molecule has 0 nitrogen and oxygen atoms in total. The molecule has 0 aromatic rings. The third-order valence-electron chi connectivity index (χ3n) is 1.37. The van der Waals surface area contributed by atoms with E-state index in [4.69, 9.17) is 0 Å². The van der Waals surface area contributed by atoms with E-state index in [1.54, 1.807) is 12.2 Å². The molecule has 0 saturated carbocycles. The summed E-state index contributed by atoms with van der Waals surface area (Å²) in [5, 5.41) is 0. The lowest BCUT2D eigenvalue weighted by atomic mass is 9.92. The standard InChI is InChI=1S/C11H15F/c1-5-7-8-11(3,4)9-10(12)6-2/h5-9H,1-2H2,3-4H3/b8-7-,10-9+. The summed E-state index contributed by atoms with van der Waals surface area (Å²) >= 11 is 0. The minimum absolute atomic E-state index is 0.285. The van der Waals surface area contributed by atoms with Gasteiger partial charge in [-0.3, -0.25) is 0 Å². The molecule has 0 atom stereocenters. The highest BCUT2D eigenvalue weighted by Gasteiger charge is 2.09. The van der Waals surface area contributed by atoms with Gasteiger partial charge >= 0.3 is 0 Å². The van der Waals surface area contributed by atoms with Gasteiger partial charge in [0.25, 0.3) is 0 Å². The maximum atomic E-state index is 12.7. The molecule has 0 radical (unpaired) electrons. The molecule has 0 aliphatic heterocycles. The Morgan fingerprint density at radius 3 is 2.33 bits per heavy atom. The molecule has 0 fully saturated rings. The van der Waals surface area contributed by atoms with Gasteiger partial charge in [-0.15, -0.1) is 0 Å². The smallest absolute Gasteiger partial charge is 0.119 e. The Bertz CT molecular complexity index is 219. The van der Waals surface area contributed by atoms with Crippen LogP contribution in [0.5, 0.6) is 0 Å². The molecule has 1 heteroatoms. The number of hydrogen-bond acceptors (Lipinski definition) is 0. The Hall–Kier alpha value is -1.11. The van der Waals surface area contributed by atoms with E-state index in [-0.39, 0.29) is 11.2 Å². The average Bonchev–Trinajstić information content (AvgIpc) is 2.00. The van der Waals surface area contributed by atoms with E-state index in [0.29, 0.717) is 0 Å². The van der Waals surface area contributed by atoms with Gasteiger partial charge in [0.2, 0.25) is 0 Å². The third-order valence-corrected chi connectivity index (χ3v) is 1.37. The molecule has 0 bridgehead atoms. The van der Waals surface area contributed by atoms with Crippen molar-refractivity contribution in [1.82, 2.24) is 0 Å². The van der Waals surface area contributed by atoms with Gasteiger partial charge in [0.05, 0.1) is 0 Å². The van der Waals surface area contributed by atoms with Crippen LogP contribution in [-0.2, 0) is 0 Å². The molecule has 0 amide bonds. The molecule has 0 N–H and O–H groups in total. The Morgan fingerprint density at radius 1 is 1.33 bits per heavy atom. The number of rotatable bonds is 4. The van der Waals surface area contributed by atoms with E-state index in [9.17, 15) is 4.39 Å². The zero-order chi connectivity index (χ0) is 9.61. The van der Waals surface area contributed by atoms with Gasteiger partial charge < -0.3 is 0 Å². The van der Waals surface area contributed by atoms with E-state index >= 15 is 0 Å². The molecule has 0 saturated heterocycles. The van der Waals surface area contributed by atoms with Gasteiger partial charge in [0.15, 0.2) is 0 Å². The Morgan fingerprint density at radius 2 is 1.92 bits per heavy atom. The number of halogens is 1. The van der Waals surface area contributed by atoms with Crippen LogP contribution in [0.2, 0.25) is 0 Å². The van der Waals surface area contributed by atoms with E-state index in [2.05, 4.69) is 13.2 Å². The van der Waals surface area contributed by atoms with E-state index in [1.807, 2.05) is 19.9 Å².